The lowest BCUT2D eigenvalue weighted by Crippen LogP contribution is -2.37. The maximum absolute atomic E-state index is 13.4. The number of fused-ring (bicyclic) bond motifs is 2. The summed E-state index contributed by atoms with van der Waals surface area (Å²) in [4.78, 5) is 12.6. The third kappa shape index (κ3) is 3.42. The maximum atomic E-state index is 13.4. The number of rotatable bonds is 5. The van der Waals surface area contributed by atoms with Crippen LogP contribution in [0.4, 0.5) is 4.39 Å². The molecule has 2 aliphatic carbocycles. The molecule has 0 saturated heterocycles. The van der Waals surface area contributed by atoms with Gasteiger partial charge in [0.15, 0.2) is 0 Å². The van der Waals surface area contributed by atoms with Crippen LogP contribution in [-0.2, 0) is 0 Å². The Balaban J connectivity index is 1.23. The van der Waals surface area contributed by atoms with E-state index in [1.54, 1.807) is 30.3 Å². The van der Waals surface area contributed by atoms with Gasteiger partial charge in [0.25, 0.3) is 5.91 Å². The zero-order valence-electron chi connectivity index (χ0n) is 16.2. The van der Waals surface area contributed by atoms with Gasteiger partial charge >= 0.3 is 0 Å². The van der Waals surface area contributed by atoms with Crippen molar-refractivity contribution in [3.05, 3.63) is 65.1 Å². The number of amides is 1. The van der Waals surface area contributed by atoms with Crippen molar-refractivity contribution >= 4 is 28.4 Å². The predicted molar refractivity (Wildman–Crippen MR) is 111 cm³/mol. The van der Waals surface area contributed by atoms with Crippen molar-refractivity contribution < 1.29 is 9.18 Å². The Morgan fingerprint density at radius 2 is 1.97 bits per heavy atom. The first-order valence-corrected chi connectivity index (χ1v) is 10.6. The van der Waals surface area contributed by atoms with Gasteiger partial charge in [0.1, 0.15) is 5.82 Å². The fourth-order valence-electron chi connectivity index (χ4n) is 5.20. The minimum absolute atomic E-state index is 0.0320. The monoisotopic (exact) mass is 411 g/mol. The molecule has 3 aromatic rings. The Hall–Kier alpha value is -2.40. The van der Waals surface area contributed by atoms with Gasteiger partial charge in [-0.2, -0.15) is 5.10 Å². The first-order chi connectivity index (χ1) is 14.0. The fraction of sp³-hybridized carbons (Fsp3) is 0.391. The second kappa shape index (κ2) is 7.13. The van der Waals surface area contributed by atoms with Crippen LogP contribution < -0.4 is 5.32 Å². The van der Waals surface area contributed by atoms with E-state index in [2.05, 4.69) is 17.3 Å². The van der Waals surface area contributed by atoms with Gasteiger partial charge in [0, 0.05) is 28.2 Å². The van der Waals surface area contributed by atoms with Gasteiger partial charge in [-0.3, -0.25) is 9.48 Å². The number of hydrogen-bond donors (Lipinski definition) is 1. The first-order valence-electron chi connectivity index (χ1n) is 10.2. The summed E-state index contributed by atoms with van der Waals surface area (Å²) in [6, 6.07) is 12.3. The van der Waals surface area contributed by atoms with Crippen LogP contribution in [-0.4, -0.2) is 21.7 Å². The highest BCUT2D eigenvalue weighted by Gasteiger charge is 2.59. The Labute approximate surface area is 174 Å². The van der Waals surface area contributed by atoms with Gasteiger partial charge in [-0.25, -0.2) is 4.39 Å². The van der Waals surface area contributed by atoms with Crippen LogP contribution >= 0.6 is 11.6 Å². The minimum atomic E-state index is -0.228. The van der Waals surface area contributed by atoms with E-state index in [0.29, 0.717) is 34.4 Å². The van der Waals surface area contributed by atoms with Crippen molar-refractivity contribution in [1.29, 1.82) is 0 Å². The normalized spacial score (nSPS) is 26.3. The summed E-state index contributed by atoms with van der Waals surface area (Å²) in [6.07, 6.45) is 5.02. The molecule has 0 radical (unpaired) electrons. The molecule has 2 aliphatic rings. The van der Waals surface area contributed by atoms with Crippen LogP contribution in [0.5, 0.6) is 0 Å². The third-order valence-electron chi connectivity index (χ3n) is 6.67. The molecule has 4 nitrogen and oxygen atoms in total. The quantitative estimate of drug-likeness (QED) is 0.624. The smallest absolute Gasteiger partial charge is 0.251 e. The number of aromatic nitrogens is 2. The van der Waals surface area contributed by atoms with Crippen LogP contribution in [0.15, 0.2) is 48.7 Å². The highest BCUT2D eigenvalue weighted by molar-refractivity contribution is 6.30. The first kappa shape index (κ1) is 18.6. The van der Waals surface area contributed by atoms with Crippen LogP contribution in [0, 0.1) is 23.6 Å². The molecule has 0 spiro atoms. The van der Waals surface area contributed by atoms with E-state index in [-0.39, 0.29) is 17.8 Å². The molecule has 2 saturated carbocycles. The molecule has 5 atom stereocenters. The SMILES string of the molecule is CCC(NC(=O)c1ccc(Cl)cc1)C1[C@H]2CC(n3cc4cc(F)ccc4n3)C[C@@H]12. The lowest BCUT2D eigenvalue weighted by Gasteiger charge is -2.21. The fourth-order valence-corrected chi connectivity index (χ4v) is 5.33. The van der Waals surface area contributed by atoms with E-state index in [0.717, 1.165) is 30.2 Å². The van der Waals surface area contributed by atoms with Gasteiger partial charge < -0.3 is 5.32 Å². The lowest BCUT2D eigenvalue weighted by molar-refractivity contribution is 0.0926. The van der Waals surface area contributed by atoms with Gasteiger partial charge in [-0.05, 0) is 79.5 Å². The van der Waals surface area contributed by atoms with E-state index in [9.17, 15) is 9.18 Å². The molecule has 1 N–H and O–H groups in total. The van der Waals surface area contributed by atoms with E-state index in [4.69, 9.17) is 11.6 Å². The molecule has 1 heterocycles. The summed E-state index contributed by atoms with van der Waals surface area (Å²) in [5.41, 5.74) is 1.48. The topological polar surface area (TPSA) is 46.9 Å². The maximum Gasteiger partial charge on any atom is 0.251 e. The number of nitrogens with one attached hydrogen (secondary N) is 1. The largest absolute Gasteiger partial charge is 0.349 e. The molecule has 3 unspecified atom stereocenters. The zero-order chi connectivity index (χ0) is 20.1. The molecule has 5 rings (SSSR count). The van der Waals surface area contributed by atoms with Gasteiger partial charge in [-0.15, -0.1) is 0 Å². The molecule has 2 aromatic carbocycles. The third-order valence-corrected chi connectivity index (χ3v) is 6.92. The lowest BCUT2D eigenvalue weighted by atomic mass is 9.99. The Bertz CT molecular complexity index is 1050. The molecule has 6 heteroatoms. The summed E-state index contributed by atoms with van der Waals surface area (Å²) >= 11 is 5.91. The minimum Gasteiger partial charge on any atom is -0.349 e. The molecule has 1 amide bonds. The number of benzene rings is 2. The summed E-state index contributed by atoms with van der Waals surface area (Å²) < 4.78 is 15.5. The van der Waals surface area contributed by atoms with Crippen molar-refractivity contribution in [2.75, 3.05) is 0 Å². The number of nitrogens with zero attached hydrogens (tertiary/aromatic N) is 2. The summed E-state index contributed by atoms with van der Waals surface area (Å²) in [7, 11) is 0. The second-order valence-electron chi connectivity index (χ2n) is 8.34. The number of carbonyl (C=O) groups excluding carboxylic acids is 1. The standard InChI is InChI=1S/C23H23ClFN3O/c1-2-20(26-23(29)13-3-5-15(24)6-4-13)22-18-10-17(11-19(18)22)28-12-14-9-16(25)7-8-21(14)27-28/h3-9,12,17-20,22H,2,10-11H2,1H3,(H,26,29)/t17?,18-,19+,20?,22?. The number of halogens is 2. The molecule has 1 aromatic heterocycles. The van der Waals surface area contributed by atoms with Crippen molar-refractivity contribution in [2.45, 2.75) is 38.3 Å². The van der Waals surface area contributed by atoms with E-state index >= 15 is 0 Å². The molecule has 0 aliphatic heterocycles. The zero-order valence-corrected chi connectivity index (χ0v) is 16.9. The average Bonchev–Trinajstić information content (AvgIpc) is 3.06. The van der Waals surface area contributed by atoms with Gasteiger partial charge in [-0.1, -0.05) is 18.5 Å². The van der Waals surface area contributed by atoms with Crippen molar-refractivity contribution in [1.82, 2.24) is 15.1 Å². The van der Waals surface area contributed by atoms with Crippen LogP contribution in [0.1, 0.15) is 42.6 Å². The molecular formula is C23H23ClFN3O. The summed E-state index contributed by atoms with van der Waals surface area (Å²) in [5.74, 6) is 1.53. The highest BCUT2D eigenvalue weighted by atomic mass is 35.5. The van der Waals surface area contributed by atoms with E-state index in [1.165, 1.54) is 12.1 Å². The van der Waals surface area contributed by atoms with Crippen LogP contribution in [0.2, 0.25) is 5.02 Å². The van der Waals surface area contributed by atoms with Crippen molar-refractivity contribution in [3.63, 3.8) is 0 Å². The Kier molecular flexibility index (Phi) is 4.58. The number of carbonyl (C=O) groups is 1. The molecule has 150 valence electrons. The molecule has 2 fully saturated rings. The number of hydrogen-bond acceptors (Lipinski definition) is 2. The predicted octanol–water partition coefficient (Wildman–Crippen LogP) is 5.23. The summed E-state index contributed by atoms with van der Waals surface area (Å²) in [5, 5.41) is 9.36. The van der Waals surface area contributed by atoms with Gasteiger partial charge in [0.2, 0.25) is 0 Å². The summed E-state index contributed by atoms with van der Waals surface area (Å²) in [6.45, 7) is 2.13. The van der Waals surface area contributed by atoms with E-state index in [1.807, 2.05) is 10.9 Å². The molecule has 0 bridgehead atoms. The van der Waals surface area contributed by atoms with Gasteiger partial charge in [0.05, 0.1) is 11.6 Å². The highest BCUT2D eigenvalue weighted by Crippen LogP contribution is 2.62. The van der Waals surface area contributed by atoms with Crippen LogP contribution in [0.25, 0.3) is 10.9 Å². The molecule has 29 heavy (non-hydrogen) atoms. The van der Waals surface area contributed by atoms with Crippen molar-refractivity contribution in [2.24, 2.45) is 17.8 Å². The Morgan fingerprint density at radius 3 is 2.66 bits per heavy atom. The van der Waals surface area contributed by atoms with Crippen molar-refractivity contribution in [3.8, 4) is 0 Å². The average molecular weight is 412 g/mol. The van der Waals surface area contributed by atoms with Crippen LogP contribution in [0.3, 0.4) is 0 Å². The molecular weight excluding hydrogens is 389 g/mol. The second-order valence-corrected chi connectivity index (χ2v) is 8.77. The van der Waals surface area contributed by atoms with E-state index < -0.39 is 0 Å². The Morgan fingerprint density at radius 1 is 1.24 bits per heavy atom.